The van der Waals surface area contributed by atoms with Crippen LogP contribution in [-0.4, -0.2) is 37.1 Å². The zero-order chi connectivity index (χ0) is 21.7. The second kappa shape index (κ2) is 9.30. The van der Waals surface area contributed by atoms with E-state index in [9.17, 15) is 9.59 Å². The molecule has 6 heteroatoms. The molecule has 0 atom stereocenters. The van der Waals surface area contributed by atoms with E-state index in [1.807, 2.05) is 11.1 Å². The Balaban J connectivity index is 1.60. The van der Waals surface area contributed by atoms with Crippen LogP contribution < -0.4 is 10.2 Å². The molecular formula is C24H30N2O4. The van der Waals surface area contributed by atoms with Crippen molar-refractivity contribution in [1.29, 1.82) is 0 Å². The van der Waals surface area contributed by atoms with Gasteiger partial charge in [0, 0.05) is 24.2 Å². The van der Waals surface area contributed by atoms with E-state index < -0.39 is 0 Å². The van der Waals surface area contributed by atoms with E-state index in [4.69, 9.17) is 9.47 Å². The summed E-state index contributed by atoms with van der Waals surface area (Å²) in [5.41, 5.74) is 5.60. The van der Waals surface area contributed by atoms with Gasteiger partial charge in [0.1, 0.15) is 12.4 Å². The predicted molar refractivity (Wildman–Crippen MR) is 116 cm³/mol. The predicted octanol–water partition coefficient (Wildman–Crippen LogP) is 4.09. The summed E-state index contributed by atoms with van der Waals surface area (Å²) >= 11 is 0. The molecule has 1 heterocycles. The number of hydrogen-bond acceptors (Lipinski definition) is 5. The lowest BCUT2D eigenvalue weighted by Crippen LogP contribution is -2.39. The number of rotatable bonds is 6. The van der Waals surface area contributed by atoms with Crippen LogP contribution in [0.3, 0.4) is 0 Å². The highest BCUT2D eigenvalue weighted by Crippen LogP contribution is 2.32. The summed E-state index contributed by atoms with van der Waals surface area (Å²) in [6.07, 6.45) is 2.21. The summed E-state index contributed by atoms with van der Waals surface area (Å²) < 4.78 is 10.9. The fraction of sp³-hybridized carbons (Fsp3) is 0.417. The van der Waals surface area contributed by atoms with Gasteiger partial charge in [-0.25, -0.2) is 9.80 Å². The Kier molecular flexibility index (Phi) is 6.77. The van der Waals surface area contributed by atoms with Crippen LogP contribution in [0.1, 0.15) is 65.5 Å². The quantitative estimate of drug-likeness (QED) is 0.727. The van der Waals surface area contributed by atoms with Crippen molar-refractivity contribution < 1.29 is 19.1 Å². The molecule has 0 aromatic heterocycles. The maximum Gasteiger partial charge on any atom is 0.338 e. The molecule has 0 aliphatic carbocycles. The number of benzene rings is 2. The lowest BCUT2D eigenvalue weighted by Gasteiger charge is -2.22. The molecule has 160 valence electrons. The molecule has 6 nitrogen and oxygen atoms in total. The van der Waals surface area contributed by atoms with Crippen molar-refractivity contribution in [1.82, 2.24) is 10.4 Å². The van der Waals surface area contributed by atoms with E-state index in [0.29, 0.717) is 11.1 Å². The summed E-state index contributed by atoms with van der Waals surface area (Å²) in [6.45, 7) is 8.14. The summed E-state index contributed by atoms with van der Waals surface area (Å²) in [4.78, 5) is 24.8. The number of hydrazine groups is 1. The van der Waals surface area contributed by atoms with Crippen molar-refractivity contribution in [2.75, 3.05) is 20.2 Å². The lowest BCUT2D eigenvalue weighted by molar-refractivity contribution is 0.0472. The molecule has 2 aromatic carbocycles. The molecular weight excluding hydrogens is 380 g/mol. The van der Waals surface area contributed by atoms with Crippen LogP contribution in [0.2, 0.25) is 0 Å². The summed E-state index contributed by atoms with van der Waals surface area (Å²) in [5.74, 6) is 0.245. The number of nitrogens with one attached hydrogen (secondary N) is 1. The zero-order valence-electron chi connectivity index (χ0n) is 18.2. The first-order valence-corrected chi connectivity index (χ1v) is 10.3. The first-order chi connectivity index (χ1) is 14.3. The fourth-order valence-corrected chi connectivity index (χ4v) is 3.44. The summed E-state index contributed by atoms with van der Waals surface area (Å²) in [5, 5.41) is 1.94. The van der Waals surface area contributed by atoms with Crippen molar-refractivity contribution >= 4 is 11.9 Å². The van der Waals surface area contributed by atoms with Crippen LogP contribution in [0.25, 0.3) is 0 Å². The molecule has 0 spiro atoms. The van der Waals surface area contributed by atoms with E-state index in [1.54, 1.807) is 43.5 Å². The van der Waals surface area contributed by atoms with Crippen LogP contribution in [0.15, 0.2) is 42.5 Å². The molecule has 1 saturated heterocycles. The molecule has 1 aliphatic heterocycles. The molecule has 0 bridgehead atoms. The van der Waals surface area contributed by atoms with Gasteiger partial charge < -0.3 is 9.47 Å². The summed E-state index contributed by atoms with van der Waals surface area (Å²) in [7, 11) is 1.62. The number of ether oxygens (including phenoxy) is 2. The van der Waals surface area contributed by atoms with Gasteiger partial charge in [0.25, 0.3) is 5.91 Å². The third-order valence-electron chi connectivity index (χ3n) is 5.19. The number of esters is 1. The standard InChI is InChI=1S/C24H30N2O4/c1-24(2,3)20-15-19(11-12-21(20)29-4)23(28)30-16-17-7-9-18(10-8-17)22(27)25-26-13-5-6-14-26/h7-12,15H,5-6,13-14,16H2,1-4H3,(H,25,27). The normalized spacial score (nSPS) is 14.4. The number of nitrogens with zero attached hydrogens (tertiary/aromatic N) is 1. The molecule has 0 radical (unpaired) electrons. The minimum absolute atomic E-state index is 0.117. The molecule has 1 aliphatic rings. The maximum atomic E-state index is 12.5. The highest BCUT2D eigenvalue weighted by Gasteiger charge is 2.21. The first-order valence-electron chi connectivity index (χ1n) is 10.3. The van der Waals surface area contributed by atoms with Gasteiger partial charge in [-0.05, 0) is 54.2 Å². The van der Waals surface area contributed by atoms with E-state index in [-0.39, 0.29) is 23.9 Å². The Morgan fingerprint density at radius 1 is 1.00 bits per heavy atom. The minimum atomic E-state index is -0.390. The minimum Gasteiger partial charge on any atom is -0.496 e. The fourth-order valence-electron chi connectivity index (χ4n) is 3.44. The molecule has 2 aromatic rings. The average molecular weight is 411 g/mol. The monoisotopic (exact) mass is 410 g/mol. The third kappa shape index (κ3) is 5.39. The molecule has 30 heavy (non-hydrogen) atoms. The first kappa shape index (κ1) is 21.8. The molecule has 1 fully saturated rings. The number of amides is 1. The Hall–Kier alpha value is -2.86. The Morgan fingerprint density at radius 3 is 2.23 bits per heavy atom. The van der Waals surface area contributed by atoms with E-state index in [0.717, 1.165) is 42.8 Å². The van der Waals surface area contributed by atoms with Crippen molar-refractivity contribution in [2.45, 2.75) is 45.6 Å². The van der Waals surface area contributed by atoms with Gasteiger partial charge in [0.2, 0.25) is 0 Å². The second-order valence-electron chi connectivity index (χ2n) is 8.57. The van der Waals surface area contributed by atoms with Gasteiger partial charge >= 0.3 is 5.97 Å². The summed E-state index contributed by atoms with van der Waals surface area (Å²) in [6, 6.07) is 12.4. The van der Waals surface area contributed by atoms with Gasteiger partial charge in [0.15, 0.2) is 0 Å². The maximum absolute atomic E-state index is 12.5. The molecule has 1 N–H and O–H groups in total. The van der Waals surface area contributed by atoms with Crippen molar-refractivity contribution in [3.05, 3.63) is 64.7 Å². The van der Waals surface area contributed by atoms with Crippen molar-refractivity contribution in [3.63, 3.8) is 0 Å². The van der Waals surface area contributed by atoms with Gasteiger partial charge in [-0.1, -0.05) is 32.9 Å². The van der Waals surface area contributed by atoms with E-state index in [2.05, 4.69) is 26.2 Å². The van der Waals surface area contributed by atoms with Gasteiger partial charge in [-0.2, -0.15) is 0 Å². The molecule has 3 rings (SSSR count). The molecule has 0 unspecified atom stereocenters. The van der Waals surface area contributed by atoms with Gasteiger partial charge in [-0.3, -0.25) is 10.2 Å². The van der Waals surface area contributed by atoms with Crippen LogP contribution in [0, 0.1) is 0 Å². The second-order valence-corrected chi connectivity index (χ2v) is 8.57. The lowest BCUT2D eigenvalue weighted by atomic mass is 9.85. The zero-order valence-corrected chi connectivity index (χ0v) is 18.2. The highest BCUT2D eigenvalue weighted by atomic mass is 16.5. The Labute approximate surface area is 178 Å². The largest absolute Gasteiger partial charge is 0.496 e. The average Bonchev–Trinajstić information content (AvgIpc) is 3.24. The van der Waals surface area contributed by atoms with Crippen LogP contribution in [0.4, 0.5) is 0 Å². The van der Waals surface area contributed by atoms with Gasteiger partial charge in [0.05, 0.1) is 12.7 Å². The number of carbonyl (C=O) groups is 2. The molecule has 1 amide bonds. The smallest absolute Gasteiger partial charge is 0.338 e. The third-order valence-corrected chi connectivity index (χ3v) is 5.19. The molecule has 0 saturated carbocycles. The van der Waals surface area contributed by atoms with Crippen LogP contribution in [-0.2, 0) is 16.8 Å². The topological polar surface area (TPSA) is 67.9 Å². The van der Waals surface area contributed by atoms with Gasteiger partial charge in [-0.15, -0.1) is 0 Å². The highest BCUT2D eigenvalue weighted by molar-refractivity contribution is 5.94. The van der Waals surface area contributed by atoms with E-state index in [1.165, 1.54) is 0 Å². The number of methoxy groups -OCH3 is 1. The van der Waals surface area contributed by atoms with Crippen molar-refractivity contribution in [2.24, 2.45) is 0 Å². The van der Waals surface area contributed by atoms with Crippen molar-refractivity contribution in [3.8, 4) is 5.75 Å². The SMILES string of the molecule is COc1ccc(C(=O)OCc2ccc(C(=O)NN3CCCC3)cc2)cc1C(C)(C)C. The Morgan fingerprint density at radius 2 is 1.63 bits per heavy atom. The number of hydrogen-bond donors (Lipinski definition) is 1. The number of carbonyl (C=O) groups excluding carboxylic acids is 2. The Bertz CT molecular complexity index is 894. The van der Waals surface area contributed by atoms with Crippen LogP contribution in [0.5, 0.6) is 5.75 Å². The van der Waals surface area contributed by atoms with Crippen LogP contribution >= 0.6 is 0 Å². The van der Waals surface area contributed by atoms with E-state index >= 15 is 0 Å².